The third kappa shape index (κ3) is 5.40. The Bertz CT molecular complexity index is 164. The zero-order valence-corrected chi connectivity index (χ0v) is 10.0. The van der Waals surface area contributed by atoms with Crippen LogP contribution in [-0.2, 0) is 0 Å². The highest BCUT2D eigenvalue weighted by molar-refractivity contribution is 7.80. The second kappa shape index (κ2) is 8.00. The van der Waals surface area contributed by atoms with Crippen LogP contribution in [0.2, 0.25) is 0 Å². The molecule has 0 bridgehead atoms. The Labute approximate surface area is 92.3 Å². The molecule has 3 N–H and O–H groups in total. The smallest absolute Gasteiger partial charge is 0.168 e. The van der Waals surface area contributed by atoms with Gasteiger partial charge < -0.3 is 15.7 Å². The normalized spacial score (nSPS) is 12.5. The van der Waals surface area contributed by atoms with Gasteiger partial charge >= 0.3 is 0 Å². The molecule has 0 fully saturated rings. The van der Waals surface area contributed by atoms with Crippen LogP contribution in [0.1, 0.15) is 46.0 Å². The average molecular weight is 218 g/mol. The minimum absolute atomic E-state index is 0.307. The molecule has 0 rings (SSSR count). The molecule has 0 saturated carbocycles. The van der Waals surface area contributed by atoms with Crippen LogP contribution >= 0.6 is 12.2 Å². The molecule has 0 heterocycles. The lowest BCUT2D eigenvalue weighted by Gasteiger charge is -2.28. The summed E-state index contributed by atoms with van der Waals surface area (Å²) in [5.74, 6) is 0. The first kappa shape index (κ1) is 13.7. The van der Waals surface area contributed by atoms with Crippen molar-refractivity contribution in [3.63, 3.8) is 0 Å². The van der Waals surface area contributed by atoms with Crippen LogP contribution in [0, 0.1) is 0 Å². The van der Waals surface area contributed by atoms with Gasteiger partial charge in [-0.2, -0.15) is 0 Å². The predicted octanol–water partition coefficient (Wildman–Crippen LogP) is 1.84. The van der Waals surface area contributed by atoms with E-state index in [0.717, 1.165) is 38.6 Å². The lowest BCUT2D eigenvalue weighted by molar-refractivity contribution is 0.0441. The van der Waals surface area contributed by atoms with Crippen LogP contribution in [0.4, 0.5) is 0 Å². The monoisotopic (exact) mass is 218 g/mol. The zero-order valence-electron chi connectivity index (χ0n) is 9.20. The van der Waals surface area contributed by atoms with E-state index in [1.54, 1.807) is 4.90 Å². The fourth-order valence-corrected chi connectivity index (χ4v) is 1.49. The average Bonchev–Trinajstić information content (AvgIpc) is 2.14. The number of hydrogen-bond donors (Lipinski definition) is 2. The molecule has 4 heteroatoms. The first-order valence-corrected chi connectivity index (χ1v) is 5.78. The van der Waals surface area contributed by atoms with Crippen LogP contribution in [0.25, 0.3) is 0 Å². The maximum absolute atomic E-state index is 9.80. The van der Waals surface area contributed by atoms with Crippen molar-refractivity contribution in [2.45, 2.75) is 52.2 Å². The number of aliphatic hydroxyl groups excluding tert-OH is 1. The van der Waals surface area contributed by atoms with E-state index in [9.17, 15) is 5.11 Å². The molecule has 0 aromatic carbocycles. The Morgan fingerprint density at radius 2 is 1.93 bits per heavy atom. The van der Waals surface area contributed by atoms with Crippen molar-refractivity contribution in [1.82, 2.24) is 4.90 Å². The second-order valence-corrected chi connectivity index (χ2v) is 3.93. The van der Waals surface area contributed by atoms with Crippen molar-refractivity contribution < 1.29 is 5.11 Å². The molecule has 0 aliphatic rings. The van der Waals surface area contributed by atoms with Crippen molar-refractivity contribution in [3.05, 3.63) is 0 Å². The molecule has 1 unspecified atom stereocenters. The molecular formula is C10H22N2OS. The van der Waals surface area contributed by atoms with E-state index >= 15 is 0 Å². The molecular weight excluding hydrogens is 196 g/mol. The van der Waals surface area contributed by atoms with Gasteiger partial charge in [-0.3, -0.25) is 0 Å². The van der Waals surface area contributed by atoms with Gasteiger partial charge in [0.25, 0.3) is 0 Å². The van der Waals surface area contributed by atoms with Gasteiger partial charge in [-0.25, -0.2) is 0 Å². The minimum Gasteiger partial charge on any atom is -0.376 e. The number of aliphatic hydroxyl groups is 1. The topological polar surface area (TPSA) is 49.5 Å². The summed E-state index contributed by atoms with van der Waals surface area (Å²) < 4.78 is 0. The molecule has 0 saturated heterocycles. The van der Waals surface area contributed by atoms with Gasteiger partial charge in [0.1, 0.15) is 6.23 Å². The Morgan fingerprint density at radius 1 is 1.36 bits per heavy atom. The van der Waals surface area contributed by atoms with Crippen molar-refractivity contribution in [3.8, 4) is 0 Å². The van der Waals surface area contributed by atoms with Gasteiger partial charge in [-0.1, -0.05) is 26.7 Å². The van der Waals surface area contributed by atoms with E-state index in [4.69, 9.17) is 18.0 Å². The number of nitrogens with two attached hydrogens (primary N) is 1. The molecule has 0 aliphatic heterocycles. The second-order valence-electron chi connectivity index (χ2n) is 3.51. The van der Waals surface area contributed by atoms with Crippen molar-refractivity contribution in [2.24, 2.45) is 5.73 Å². The zero-order chi connectivity index (χ0) is 11.0. The highest BCUT2D eigenvalue weighted by Crippen LogP contribution is 2.07. The van der Waals surface area contributed by atoms with Crippen molar-refractivity contribution in [2.75, 3.05) is 6.54 Å². The first-order valence-electron chi connectivity index (χ1n) is 5.37. The van der Waals surface area contributed by atoms with Crippen LogP contribution < -0.4 is 5.73 Å². The summed E-state index contributed by atoms with van der Waals surface area (Å²) in [5.41, 5.74) is 5.55. The van der Waals surface area contributed by atoms with Gasteiger partial charge in [0.05, 0.1) is 0 Å². The van der Waals surface area contributed by atoms with Crippen molar-refractivity contribution >= 4 is 17.3 Å². The Morgan fingerprint density at radius 3 is 2.36 bits per heavy atom. The predicted molar refractivity (Wildman–Crippen MR) is 63.9 cm³/mol. The standard InChI is InChI=1S/C10H22N2OS/c1-3-5-7-9(13)12(10(11)14)8-6-4-2/h9,13H,3-8H2,1-2H3,(H2,11,14). The summed E-state index contributed by atoms with van der Waals surface area (Å²) in [7, 11) is 0. The van der Waals surface area contributed by atoms with E-state index in [1.807, 2.05) is 0 Å². The van der Waals surface area contributed by atoms with E-state index < -0.39 is 6.23 Å². The third-order valence-corrected chi connectivity index (χ3v) is 2.45. The number of unbranched alkanes of at least 4 members (excludes halogenated alkanes) is 2. The van der Waals surface area contributed by atoms with Gasteiger partial charge in [0, 0.05) is 6.54 Å². The molecule has 0 aromatic heterocycles. The SMILES string of the molecule is CCCCC(O)N(CCCC)C(N)=S. The highest BCUT2D eigenvalue weighted by atomic mass is 32.1. The summed E-state index contributed by atoms with van der Waals surface area (Å²) >= 11 is 4.90. The molecule has 0 spiro atoms. The number of thiocarbonyl (C=S) groups is 1. The lowest BCUT2D eigenvalue weighted by atomic mass is 10.2. The van der Waals surface area contributed by atoms with E-state index in [0.29, 0.717) is 5.11 Å². The third-order valence-electron chi connectivity index (χ3n) is 2.21. The first-order chi connectivity index (χ1) is 6.63. The molecule has 0 aliphatic carbocycles. The summed E-state index contributed by atoms with van der Waals surface area (Å²) in [6, 6.07) is 0. The maximum Gasteiger partial charge on any atom is 0.168 e. The van der Waals surface area contributed by atoms with E-state index in [-0.39, 0.29) is 0 Å². The molecule has 84 valence electrons. The molecule has 3 nitrogen and oxygen atoms in total. The fourth-order valence-electron chi connectivity index (χ4n) is 1.28. The highest BCUT2D eigenvalue weighted by Gasteiger charge is 2.14. The molecule has 0 aromatic rings. The molecule has 1 atom stereocenters. The Balaban J connectivity index is 3.97. The van der Waals surface area contributed by atoms with Gasteiger partial charge in [0.15, 0.2) is 5.11 Å². The van der Waals surface area contributed by atoms with Crippen LogP contribution in [0.15, 0.2) is 0 Å². The quantitative estimate of drug-likeness (QED) is 0.506. The Kier molecular flexibility index (Phi) is 7.80. The number of nitrogens with zero attached hydrogens (tertiary/aromatic N) is 1. The van der Waals surface area contributed by atoms with Crippen LogP contribution in [-0.4, -0.2) is 27.9 Å². The molecule has 0 radical (unpaired) electrons. The van der Waals surface area contributed by atoms with Gasteiger partial charge in [0.2, 0.25) is 0 Å². The summed E-state index contributed by atoms with van der Waals surface area (Å²) in [5, 5.41) is 10.1. The molecule has 0 amide bonds. The van der Waals surface area contributed by atoms with E-state index in [1.165, 1.54) is 0 Å². The minimum atomic E-state index is -0.501. The Hall–Kier alpha value is -0.350. The van der Waals surface area contributed by atoms with Gasteiger partial charge in [-0.05, 0) is 31.5 Å². The maximum atomic E-state index is 9.80. The largest absolute Gasteiger partial charge is 0.376 e. The van der Waals surface area contributed by atoms with Crippen molar-refractivity contribution in [1.29, 1.82) is 0 Å². The lowest BCUT2D eigenvalue weighted by Crippen LogP contribution is -2.43. The number of hydrogen-bond acceptors (Lipinski definition) is 2. The summed E-state index contributed by atoms with van der Waals surface area (Å²) in [4.78, 5) is 1.72. The summed E-state index contributed by atoms with van der Waals surface area (Å²) in [6.45, 7) is 4.97. The van der Waals surface area contributed by atoms with Crippen LogP contribution in [0.3, 0.4) is 0 Å². The van der Waals surface area contributed by atoms with Gasteiger partial charge in [-0.15, -0.1) is 0 Å². The number of rotatable bonds is 7. The van der Waals surface area contributed by atoms with E-state index in [2.05, 4.69) is 13.8 Å². The summed E-state index contributed by atoms with van der Waals surface area (Å²) in [6.07, 6.45) is 4.43. The fraction of sp³-hybridized carbons (Fsp3) is 0.900. The van der Waals surface area contributed by atoms with Crippen LogP contribution in [0.5, 0.6) is 0 Å². The molecule has 14 heavy (non-hydrogen) atoms.